The Balaban J connectivity index is 1.92. The molecule has 0 aliphatic carbocycles. The number of hydrogen-bond donors (Lipinski definition) is 1. The molecule has 1 aromatic carbocycles. The lowest BCUT2D eigenvalue weighted by Crippen LogP contribution is -2.35. The molecule has 0 aliphatic rings. The number of benzene rings is 1. The smallest absolute Gasteiger partial charge is 0.349 e. The number of amides is 1. The number of thiophene rings is 1. The summed E-state index contributed by atoms with van der Waals surface area (Å²) in [6.45, 7) is 5.95. The van der Waals surface area contributed by atoms with E-state index < -0.39 is 12.1 Å². The van der Waals surface area contributed by atoms with Crippen molar-refractivity contribution < 1.29 is 23.8 Å². The third-order valence-electron chi connectivity index (χ3n) is 4.31. The molecule has 7 heteroatoms. The van der Waals surface area contributed by atoms with Crippen molar-refractivity contribution in [2.75, 3.05) is 14.2 Å². The number of hydrogen-bond acceptors (Lipinski definition) is 6. The third-order valence-corrected chi connectivity index (χ3v) is 5.38. The summed E-state index contributed by atoms with van der Waals surface area (Å²) in [4.78, 5) is 26.3. The van der Waals surface area contributed by atoms with Crippen LogP contribution in [0, 0.1) is 6.92 Å². The molecule has 0 radical (unpaired) electrons. The molecule has 0 saturated carbocycles. The van der Waals surface area contributed by atoms with Gasteiger partial charge in [0.25, 0.3) is 5.91 Å². The van der Waals surface area contributed by atoms with Gasteiger partial charge in [-0.15, -0.1) is 11.3 Å². The standard InChI is InChI=1S/C21H27NO5S/c1-6-7-16-11-19(28-14(16)3)21(24)27-13(2)20(23)22-12-15-8-9-17(25-4)18(10-15)26-5/h8-11,13H,6-7,12H2,1-5H3,(H,22,23)/t13-/m1/s1. The first-order valence-corrected chi connectivity index (χ1v) is 10.00. The van der Waals surface area contributed by atoms with Crippen molar-refractivity contribution in [1.29, 1.82) is 0 Å². The Morgan fingerprint density at radius 1 is 1.14 bits per heavy atom. The summed E-state index contributed by atoms with van der Waals surface area (Å²) < 4.78 is 15.8. The van der Waals surface area contributed by atoms with Crippen LogP contribution in [0.3, 0.4) is 0 Å². The molecule has 0 bridgehead atoms. The second-order valence-corrected chi connectivity index (χ2v) is 7.65. The second-order valence-electron chi connectivity index (χ2n) is 6.40. The molecule has 1 aromatic heterocycles. The lowest BCUT2D eigenvalue weighted by atomic mass is 10.1. The Hall–Kier alpha value is -2.54. The van der Waals surface area contributed by atoms with Gasteiger partial charge < -0.3 is 19.5 Å². The SMILES string of the molecule is CCCc1cc(C(=O)O[C@H](C)C(=O)NCc2ccc(OC)c(OC)c2)sc1C. The molecule has 1 atom stereocenters. The van der Waals surface area contributed by atoms with E-state index in [1.54, 1.807) is 33.3 Å². The van der Waals surface area contributed by atoms with E-state index in [0.29, 0.717) is 22.9 Å². The van der Waals surface area contributed by atoms with Crippen molar-refractivity contribution in [2.24, 2.45) is 0 Å². The highest BCUT2D eigenvalue weighted by Crippen LogP contribution is 2.27. The van der Waals surface area contributed by atoms with E-state index in [0.717, 1.165) is 28.8 Å². The first kappa shape index (κ1) is 21.8. The average molecular weight is 406 g/mol. The van der Waals surface area contributed by atoms with Crippen molar-refractivity contribution in [3.05, 3.63) is 45.1 Å². The summed E-state index contributed by atoms with van der Waals surface area (Å²) in [5, 5.41) is 2.77. The highest BCUT2D eigenvalue weighted by molar-refractivity contribution is 7.14. The van der Waals surface area contributed by atoms with Crippen LogP contribution in [-0.2, 0) is 22.5 Å². The number of carbonyl (C=O) groups excluding carboxylic acids is 2. The van der Waals surface area contributed by atoms with Crippen LogP contribution in [0.15, 0.2) is 24.3 Å². The van der Waals surface area contributed by atoms with Crippen molar-refractivity contribution in [3.8, 4) is 11.5 Å². The van der Waals surface area contributed by atoms with Gasteiger partial charge in [-0.25, -0.2) is 4.79 Å². The molecule has 0 saturated heterocycles. The quantitative estimate of drug-likeness (QED) is 0.641. The molecule has 0 unspecified atom stereocenters. The van der Waals surface area contributed by atoms with Crippen LogP contribution < -0.4 is 14.8 Å². The fourth-order valence-electron chi connectivity index (χ4n) is 2.73. The molecule has 0 fully saturated rings. The van der Waals surface area contributed by atoms with Gasteiger partial charge >= 0.3 is 5.97 Å². The Morgan fingerprint density at radius 3 is 2.50 bits per heavy atom. The summed E-state index contributed by atoms with van der Waals surface area (Å²) in [5.74, 6) is 0.382. The van der Waals surface area contributed by atoms with Crippen molar-refractivity contribution in [2.45, 2.75) is 46.3 Å². The van der Waals surface area contributed by atoms with Gasteiger partial charge in [0, 0.05) is 11.4 Å². The maximum Gasteiger partial charge on any atom is 0.349 e. The number of carbonyl (C=O) groups is 2. The minimum atomic E-state index is -0.885. The van der Waals surface area contributed by atoms with E-state index in [9.17, 15) is 9.59 Å². The van der Waals surface area contributed by atoms with Crippen molar-refractivity contribution in [3.63, 3.8) is 0 Å². The van der Waals surface area contributed by atoms with E-state index >= 15 is 0 Å². The van der Waals surface area contributed by atoms with Gasteiger partial charge in [-0.1, -0.05) is 19.4 Å². The minimum Gasteiger partial charge on any atom is -0.493 e. The number of aryl methyl sites for hydroxylation is 2. The Morgan fingerprint density at radius 2 is 1.86 bits per heavy atom. The van der Waals surface area contributed by atoms with E-state index in [-0.39, 0.29) is 5.91 Å². The maximum atomic E-state index is 12.3. The maximum absolute atomic E-state index is 12.3. The third kappa shape index (κ3) is 5.48. The number of ether oxygens (including phenoxy) is 3. The molecule has 152 valence electrons. The van der Waals surface area contributed by atoms with Gasteiger partial charge in [-0.05, 0) is 49.6 Å². The largest absolute Gasteiger partial charge is 0.493 e. The summed E-state index contributed by atoms with van der Waals surface area (Å²) in [6.07, 6.45) is 1.06. The normalized spacial score (nSPS) is 11.6. The van der Waals surface area contributed by atoms with Crippen molar-refractivity contribution >= 4 is 23.2 Å². The summed E-state index contributed by atoms with van der Waals surface area (Å²) in [5.41, 5.74) is 2.01. The summed E-state index contributed by atoms with van der Waals surface area (Å²) >= 11 is 1.40. The molecular weight excluding hydrogens is 378 g/mol. The van der Waals surface area contributed by atoms with Crippen LogP contribution in [-0.4, -0.2) is 32.2 Å². The predicted octanol–water partition coefficient (Wildman–Crippen LogP) is 3.89. The zero-order chi connectivity index (χ0) is 20.7. The molecular formula is C21H27NO5S. The lowest BCUT2D eigenvalue weighted by Gasteiger charge is -2.14. The summed E-state index contributed by atoms with van der Waals surface area (Å²) in [7, 11) is 3.12. The van der Waals surface area contributed by atoms with Gasteiger partial charge in [0.2, 0.25) is 0 Å². The van der Waals surface area contributed by atoms with Crippen LogP contribution in [0.25, 0.3) is 0 Å². The highest BCUT2D eigenvalue weighted by Gasteiger charge is 2.21. The molecule has 28 heavy (non-hydrogen) atoms. The Bertz CT molecular complexity index is 830. The van der Waals surface area contributed by atoms with Gasteiger partial charge in [-0.3, -0.25) is 4.79 Å². The van der Waals surface area contributed by atoms with Crippen LogP contribution in [0.4, 0.5) is 0 Å². The lowest BCUT2D eigenvalue weighted by molar-refractivity contribution is -0.129. The van der Waals surface area contributed by atoms with Gasteiger partial charge in [0.05, 0.1) is 14.2 Å². The average Bonchev–Trinajstić information content (AvgIpc) is 3.06. The van der Waals surface area contributed by atoms with Gasteiger partial charge in [0.15, 0.2) is 17.6 Å². The molecule has 0 spiro atoms. The molecule has 1 heterocycles. The van der Waals surface area contributed by atoms with Crippen LogP contribution in [0.1, 0.15) is 45.9 Å². The monoisotopic (exact) mass is 405 g/mol. The van der Waals surface area contributed by atoms with E-state index in [1.807, 2.05) is 19.1 Å². The fraction of sp³-hybridized carbons (Fsp3) is 0.429. The van der Waals surface area contributed by atoms with Crippen molar-refractivity contribution in [1.82, 2.24) is 5.32 Å². The van der Waals surface area contributed by atoms with E-state index in [4.69, 9.17) is 14.2 Å². The van der Waals surface area contributed by atoms with E-state index in [2.05, 4.69) is 12.2 Å². The van der Waals surface area contributed by atoms with Gasteiger partial charge in [0.1, 0.15) is 4.88 Å². The fourth-order valence-corrected chi connectivity index (χ4v) is 3.69. The zero-order valence-electron chi connectivity index (χ0n) is 17.0. The zero-order valence-corrected chi connectivity index (χ0v) is 17.8. The second kappa shape index (κ2) is 10.1. The first-order valence-electron chi connectivity index (χ1n) is 9.18. The van der Waals surface area contributed by atoms with Crippen LogP contribution in [0.5, 0.6) is 11.5 Å². The van der Waals surface area contributed by atoms with Gasteiger partial charge in [-0.2, -0.15) is 0 Å². The first-order chi connectivity index (χ1) is 13.4. The highest BCUT2D eigenvalue weighted by atomic mass is 32.1. The van der Waals surface area contributed by atoms with Crippen LogP contribution in [0.2, 0.25) is 0 Å². The minimum absolute atomic E-state index is 0.292. The molecule has 2 rings (SSSR count). The Kier molecular flexibility index (Phi) is 7.87. The molecule has 1 amide bonds. The number of rotatable bonds is 9. The number of nitrogens with one attached hydrogen (secondary N) is 1. The topological polar surface area (TPSA) is 73.9 Å². The molecule has 2 aromatic rings. The molecule has 0 aliphatic heterocycles. The predicted molar refractivity (Wildman–Crippen MR) is 109 cm³/mol. The number of esters is 1. The summed E-state index contributed by atoms with van der Waals surface area (Å²) in [6, 6.07) is 7.26. The molecule has 1 N–H and O–H groups in total. The molecule has 6 nitrogen and oxygen atoms in total. The number of methoxy groups -OCH3 is 2. The van der Waals surface area contributed by atoms with Crippen LogP contribution >= 0.6 is 11.3 Å². The Labute approximate surface area is 169 Å². The van der Waals surface area contributed by atoms with E-state index in [1.165, 1.54) is 11.3 Å².